The number of hydrogen-bond acceptors (Lipinski definition) is 2. The van der Waals surface area contributed by atoms with E-state index in [-0.39, 0.29) is 0 Å². The van der Waals surface area contributed by atoms with Crippen LogP contribution in [0.2, 0.25) is 0 Å². The van der Waals surface area contributed by atoms with Crippen LogP contribution in [0.3, 0.4) is 0 Å². The molecule has 0 aliphatic heterocycles. The average molecular weight is 192 g/mol. The number of benzene rings is 1. The van der Waals surface area contributed by atoms with Gasteiger partial charge in [0.05, 0.1) is 0 Å². The van der Waals surface area contributed by atoms with Gasteiger partial charge in [-0.1, -0.05) is 29.3 Å². The van der Waals surface area contributed by atoms with Crippen molar-refractivity contribution in [1.82, 2.24) is 5.32 Å². The predicted octanol–water partition coefficient (Wildman–Crippen LogP) is 1.74. The molecule has 14 heavy (non-hydrogen) atoms. The van der Waals surface area contributed by atoms with Gasteiger partial charge in [0.25, 0.3) is 0 Å². The molecule has 0 amide bonds. The number of aryl methyl sites for hydroxylation is 2. The van der Waals surface area contributed by atoms with Crippen LogP contribution in [0.25, 0.3) is 0 Å². The van der Waals surface area contributed by atoms with Crippen LogP contribution in [-0.2, 0) is 6.54 Å². The molecular weight excluding hydrogens is 172 g/mol. The van der Waals surface area contributed by atoms with E-state index in [0.29, 0.717) is 12.6 Å². The van der Waals surface area contributed by atoms with Crippen LogP contribution >= 0.6 is 0 Å². The Bertz CT molecular complexity index is 274. The second-order valence-electron chi connectivity index (χ2n) is 4.01. The largest absolute Gasteiger partial charge is 0.329 e. The molecule has 0 aliphatic rings. The molecule has 0 bridgehead atoms. The Morgan fingerprint density at radius 3 is 2.29 bits per heavy atom. The van der Waals surface area contributed by atoms with Gasteiger partial charge in [-0.2, -0.15) is 0 Å². The predicted molar refractivity (Wildman–Crippen MR) is 61.3 cm³/mol. The van der Waals surface area contributed by atoms with E-state index in [1.807, 2.05) is 0 Å². The Labute approximate surface area is 86.5 Å². The number of nitrogens with one attached hydrogen (secondary N) is 1. The van der Waals surface area contributed by atoms with Gasteiger partial charge < -0.3 is 11.1 Å². The van der Waals surface area contributed by atoms with Crippen LogP contribution in [0.4, 0.5) is 0 Å². The van der Waals surface area contributed by atoms with Crippen molar-refractivity contribution in [1.29, 1.82) is 0 Å². The van der Waals surface area contributed by atoms with Crippen molar-refractivity contribution in [2.24, 2.45) is 5.73 Å². The van der Waals surface area contributed by atoms with Crippen LogP contribution in [0.5, 0.6) is 0 Å². The molecule has 0 heterocycles. The quantitative estimate of drug-likeness (QED) is 0.762. The third kappa shape index (κ3) is 3.48. The summed E-state index contributed by atoms with van der Waals surface area (Å²) < 4.78 is 0. The van der Waals surface area contributed by atoms with Crippen LogP contribution in [0.1, 0.15) is 23.6 Å². The van der Waals surface area contributed by atoms with E-state index >= 15 is 0 Å². The maximum absolute atomic E-state index is 5.53. The van der Waals surface area contributed by atoms with Crippen molar-refractivity contribution in [3.63, 3.8) is 0 Å². The first-order chi connectivity index (χ1) is 6.61. The van der Waals surface area contributed by atoms with Gasteiger partial charge in [0.15, 0.2) is 0 Å². The number of hydrogen-bond donors (Lipinski definition) is 2. The summed E-state index contributed by atoms with van der Waals surface area (Å²) in [7, 11) is 0. The summed E-state index contributed by atoms with van der Waals surface area (Å²) in [6.45, 7) is 7.94. The van der Waals surface area contributed by atoms with Gasteiger partial charge in [-0.15, -0.1) is 0 Å². The lowest BCUT2D eigenvalue weighted by atomic mass is 10.1. The van der Waals surface area contributed by atoms with Crippen LogP contribution in [0.15, 0.2) is 18.2 Å². The first-order valence-electron chi connectivity index (χ1n) is 5.12. The molecule has 1 rings (SSSR count). The molecule has 2 heteroatoms. The maximum Gasteiger partial charge on any atom is 0.0208 e. The molecule has 0 unspecified atom stereocenters. The van der Waals surface area contributed by atoms with Crippen molar-refractivity contribution in [3.05, 3.63) is 34.9 Å². The fourth-order valence-corrected chi connectivity index (χ4v) is 1.55. The third-order valence-corrected chi connectivity index (χ3v) is 2.29. The number of nitrogens with two attached hydrogens (primary N) is 1. The van der Waals surface area contributed by atoms with E-state index in [1.54, 1.807) is 0 Å². The van der Waals surface area contributed by atoms with Gasteiger partial charge in [0.1, 0.15) is 0 Å². The van der Waals surface area contributed by atoms with Gasteiger partial charge in [-0.05, 0) is 26.3 Å². The Morgan fingerprint density at radius 2 is 1.79 bits per heavy atom. The Hall–Kier alpha value is -0.860. The first-order valence-corrected chi connectivity index (χ1v) is 5.12. The second kappa shape index (κ2) is 5.13. The average Bonchev–Trinajstić information content (AvgIpc) is 2.12. The Morgan fingerprint density at radius 1 is 1.21 bits per heavy atom. The minimum Gasteiger partial charge on any atom is -0.329 e. The third-order valence-electron chi connectivity index (χ3n) is 2.29. The van der Waals surface area contributed by atoms with Crippen molar-refractivity contribution < 1.29 is 0 Å². The SMILES string of the molecule is Cc1cc(C)cc(CN[C@H](C)CN)c1. The zero-order chi connectivity index (χ0) is 10.6. The summed E-state index contributed by atoms with van der Waals surface area (Å²) in [5.41, 5.74) is 9.51. The van der Waals surface area contributed by atoms with Crippen molar-refractivity contribution >= 4 is 0 Å². The van der Waals surface area contributed by atoms with Gasteiger partial charge in [-0.3, -0.25) is 0 Å². The van der Waals surface area contributed by atoms with Crippen molar-refractivity contribution in [2.75, 3.05) is 6.54 Å². The fraction of sp³-hybridized carbons (Fsp3) is 0.500. The molecule has 1 aromatic carbocycles. The summed E-state index contributed by atoms with van der Waals surface area (Å²) in [6.07, 6.45) is 0. The first kappa shape index (κ1) is 11.2. The molecule has 3 N–H and O–H groups in total. The fourth-order valence-electron chi connectivity index (χ4n) is 1.55. The second-order valence-corrected chi connectivity index (χ2v) is 4.01. The van der Waals surface area contributed by atoms with E-state index in [0.717, 1.165) is 6.54 Å². The summed E-state index contributed by atoms with van der Waals surface area (Å²) in [6, 6.07) is 7.00. The Balaban J connectivity index is 2.58. The summed E-state index contributed by atoms with van der Waals surface area (Å²) in [4.78, 5) is 0. The van der Waals surface area contributed by atoms with E-state index in [1.165, 1.54) is 16.7 Å². The number of rotatable bonds is 4. The van der Waals surface area contributed by atoms with Crippen LogP contribution < -0.4 is 11.1 Å². The van der Waals surface area contributed by atoms with E-state index in [2.05, 4.69) is 44.3 Å². The molecule has 78 valence electrons. The maximum atomic E-state index is 5.53. The van der Waals surface area contributed by atoms with Gasteiger partial charge in [0, 0.05) is 19.1 Å². The normalized spacial score (nSPS) is 12.9. The molecule has 1 atom stereocenters. The van der Waals surface area contributed by atoms with Gasteiger partial charge in [0.2, 0.25) is 0 Å². The van der Waals surface area contributed by atoms with Crippen molar-refractivity contribution in [3.8, 4) is 0 Å². The summed E-state index contributed by atoms with van der Waals surface area (Å²) >= 11 is 0. The van der Waals surface area contributed by atoms with E-state index < -0.39 is 0 Å². The molecule has 2 nitrogen and oxygen atoms in total. The lowest BCUT2D eigenvalue weighted by molar-refractivity contribution is 0.556. The van der Waals surface area contributed by atoms with Crippen LogP contribution in [0, 0.1) is 13.8 Å². The van der Waals surface area contributed by atoms with E-state index in [9.17, 15) is 0 Å². The minimum absolute atomic E-state index is 0.385. The highest BCUT2D eigenvalue weighted by atomic mass is 14.9. The highest BCUT2D eigenvalue weighted by Gasteiger charge is 1.99. The summed E-state index contributed by atoms with van der Waals surface area (Å²) in [5.74, 6) is 0. The lowest BCUT2D eigenvalue weighted by Gasteiger charge is -2.12. The molecule has 0 aliphatic carbocycles. The van der Waals surface area contributed by atoms with E-state index in [4.69, 9.17) is 5.73 Å². The molecule has 0 radical (unpaired) electrons. The monoisotopic (exact) mass is 192 g/mol. The molecule has 0 saturated carbocycles. The van der Waals surface area contributed by atoms with Crippen molar-refractivity contribution in [2.45, 2.75) is 33.4 Å². The highest BCUT2D eigenvalue weighted by molar-refractivity contribution is 5.28. The molecule has 0 spiro atoms. The van der Waals surface area contributed by atoms with Gasteiger partial charge in [-0.25, -0.2) is 0 Å². The minimum atomic E-state index is 0.385. The smallest absolute Gasteiger partial charge is 0.0208 e. The zero-order valence-corrected chi connectivity index (χ0v) is 9.30. The van der Waals surface area contributed by atoms with Crippen LogP contribution in [-0.4, -0.2) is 12.6 Å². The summed E-state index contributed by atoms with van der Waals surface area (Å²) in [5, 5.41) is 3.38. The molecule has 0 saturated heterocycles. The highest BCUT2D eigenvalue weighted by Crippen LogP contribution is 2.08. The standard InChI is InChI=1S/C12H20N2/c1-9-4-10(2)6-12(5-9)8-14-11(3)7-13/h4-6,11,14H,7-8,13H2,1-3H3/t11-/m1/s1. The molecule has 0 fully saturated rings. The Kier molecular flexibility index (Phi) is 4.11. The topological polar surface area (TPSA) is 38.0 Å². The lowest BCUT2D eigenvalue weighted by Crippen LogP contribution is -2.32. The zero-order valence-electron chi connectivity index (χ0n) is 9.30. The molecular formula is C12H20N2. The molecule has 0 aromatic heterocycles. The van der Waals surface area contributed by atoms with Gasteiger partial charge >= 0.3 is 0 Å². The molecule has 1 aromatic rings.